The van der Waals surface area contributed by atoms with Crippen LogP contribution in [0.25, 0.3) is 6.08 Å². The van der Waals surface area contributed by atoms with Gasteiger partial charge in [-0.2, -0.15) is 5.26 Å². The Morgan fingerprint density at radius 1 is 1.45 bits per heavy atom. The highest BCUT2D eigenvalue weighted by atomic mass is 32.2. The van der Waals surface area contributed by atoms with Crippen LogP contribution in [0.2, 0.25) is 0 Å². The maximum atomic E-state index is 12.4. The van der Waals surface area contributed by atoms with Gasteiger partial charge in [0.15, 0.2) is 15.9 Å². The number of nitrogens with zero attached hydrogens (tertiary/aromatic N) is 2. The molecule has 2 atom stereocenters. The molecule has 0 saturated carbocycles. The van der Waals surface area contributed by atoms with Crippen LogP contribution in [-0.4, -0.2) is 48.5 Å². The Hall–Kier alpha value is -2.60. The number of carbonyl (C=O) groups excluding carboxylic acids is 2. The van der Waals surface area contributed by atoms with Crippen molar-refractivity contribution in [3.05, 3.63) is 28.6 Å². The largest absolute Gasteiger partial charge is 0.448 e. The van der Waals surface area contributed by atoms with Crippen molar-refractivity contribution in [2.75, 3.05) is 11.5 Å². The fourth-order valence-corrected chi connectivity index (χ4v) is 5.01. The van der Waals surface area contributed by atoms with E-state index in [1.54, 1.807) is 0 Å². The van der Waals surface area contributed by atoms with Gasteiger partial charge in [0.1, 0.15) is 11.6 Å². The molecular formula is C20H27N3O5S. The zero-order valence-corrected chi connectivity index (χ0v) is 18.0. The Kier molecular flexibility index (Phi) is 7.25. The van der Waals surface area contributed by atoms with Crippen molar-refractivity contribution in [3.63, 3.8) is 0 Å². The Bertz CT molecular complexity index is 969. The number of nitriles is 1. The van der Waals surface area contributed by atoms with Gasteiger partial charge in [0.05, 0.1) is 11.5 Å². The molecule has 158 valence electrons. The number of ether oxygens (including phenoxy) is 1. The van der Waals surface area contributed by atoms with Crippen molar-refractivity contribution in [1.82, 2.24) is 9.88 Å². The minimum absolute atomic E-state index is 0.0316. The number of esters is 1. The second kappa shape index (κ2) is 9.27. The third-order valence-corrected chi connectivity index (χ3v) is 6.70. The number of rotatable bonds is 7. The van der Waals surface area contributed by atoms with Gasteiger partial charge >= 0.3 is 5.97 Å². The van der Waals surface area contributed by atoms with Crippen LogP contribution in [0.5, 0.6) is 0 Å². The van der Waals surface area contributed by atoms with E-state index in [-0.39, 0.29) is 17.1 Å². The summed E-state index contributed by atoms with van der Waals surface area (Å²) in [5.74, 6) is -1.56. The van der Waals surface area contributed by atoms with Crippen molar-refractivity contribution in [1.29, 1.82) is 5.26 Å². The highest BCUT2D eigenvalue weighted by Crippen LogP contribution is 2.19. The van der Waals surface area contributed by atoms with E-state index < -0.39 is 33.9 Å². The summed E-state index contributed by atoms with van der Waals surface area (Å²) in [4.78, 5) is 24.6. The molecule has 0 bridgehead atoms. The van der Waals surface area contributed by atoms with E-state index in [9.17, 15) is 23.3 Å². The molecule has 0 unspecified atom stereocenters. The third-order valence-electron chi connectivity index (χ3n) is 4.93. The van der Waals surface area contributed by atoms with E-state index in [0.29, 0.717) is 6.42 Å². The number of sulfone groups is 1. The van der Waals surface area contributed by atoms with Crippen LogP contribution in [0.4, 0.5) is 0 Å². The van der Waals surface area contributed by atoms with Gasteiger partial charge in [0, 0.05) is 24.0 Å². The van der Waals surface area contributed by atoms with Gasteiger partial charge in [-0.3, -0.25) is 4.79 Å². The maximum Gasteiger partial charge on any atom is 0.349 e. The van der Waals surface area contributed by atoms with Crippen molar-refractivity contribution < 1.29 is 22.7 Å². The first kappa shape index (κ1) is 22.7. The minimum Gasteiger partial charge on any atom is -0.448 e. The Morgan fingerprint density at radius 3 is 2.69 bits per heavy atom. The van der Waals surface area contributed by atoms with Gasteiger partial charge in [-0.1, -0.05) is 6.92 Å². The zero-order chi connectivity index (χ0) is 21.8. The van der Waals surface area contributed by atoms with Crippen LogP contribution in [-0.2, 0) is 30.7 Å². The zero-order valence-electron chi connectivity index (χ0n) is 17.2. The summed E-state index contributed by atoms with van der Waals surface area (Å²) in [6, 6.07) is 3.25. The lowest BCUT2D eigenvalue weighted by Gasteiger charge is -2.16. The molecule has 9 heteroatoms. The topological polar surface area (TPSA) is 118 Å². The van der Waals surface area contributed by atoms with E-state index in [2.05, 4.69) is 16.8 Å². The number of carbonyl (C=O) groups is 2. The molecule has 1 aliphatic heterocycles. The van der Waals surface area contributed by atoms with Crippen molar-refractivity contribution in [2.45, 2.75) is 59.2 Å². The molecule has 0 radical (unpaired) electrons. The summed E-state index contributed by atoms with van der Waals surface area (Å²) in [6.07, 6.45) is 1.62. The monoisotopic (exact) mass is 421 g/mol. The summed E-state index contributed by atoms with van der Waals surface area (Å²) in [5.41, 5.74) is 2.52. The third kappa shape index (κ3) is 5.70. The number of hydrogen-bond acceptors (Lipinski definition) is 6. The predicted octanol–water partition coefficient (Wildman–Crippen LogP) is 1.66. The first-order chi connectivity index (χ1) is 13.6. The normalized spacial score (nSPS) is 19.4. The molecule has 1 amide bonds. The average molecular weight is 422 g/mol. The van der Waals surface area contributed by atoms with E-state index in [0.717, 1.165) is 29.9 Å². The van der Waals surface area contributed by atoms with Crippen molar-refractivity contribution in [3.8, 4) is 6.07 Å². The Balaban J connectivity index is 2.06. The van der Waals surface area contributed by atoms with Gasteiger partial charge in [0.2, 0.25) is 0 Å². The highest BCUT2D eigenvalue weighted by molar-refractivity contribution is 7.91. The lowest BCUT2D eigenvalue weighted by molar-refractivity contribution is -0.150. The van der Waals surface area contributed by atoms with Crippen LogP contribution in [0.3, 0.4) is 0 Å². The summed E-state index contributed by atoms with van der Waals surface area (Å²) in [6.45, 7) is 8.17. The van der Waals surface area contributed by atoms with Crippen LogP contribution in [0, 0.1) is 25.2 Å². The van der Waals surface area contributed by atoms with Crippen LogP contribution in [0.15, 0.2) is 11.6 Å². The first-order valence-corrected chi connectivity index (χ1v) is 11.4. The van der Waals surface area contributed by atoms with E-state index in [1.807, 2.05) is 26.0 Å². The second-order valence-corrected chi connectivity index (χ2v) is 9.53. The summed E-state index contributed by atoms with van der Waals surface area (Å²) < 4.78 is 30.2. The lowest BCUT2D eigenvalue weighted by atomic mass is 10.1. The summed E-state index contributed by atoms with van der Waals surface area (Å²) >= 11 is 0. The molecule has 1 aromatic heterocycles. The Morgan fingerprint density at radius 2 is 2.14 bits per heavy atom. The standard InChI is InChI=1S/C20H27N3O5S/c1-5-7-23-13(2)9-16(14(23)3)10-17(11-21)20(25)28-15(4)19(24)22-18-6-8-29(26,27)12-18/h9-10,15,18H,5-8,12H2,1-4H3,(H,22,24)/b17-10+/t15-,18-/m0/s1. The molecular weight excluding hydrogens is 394 g/mol. The molecule has 0 aromatic carbocycles. The van der Waals surface area contributed by atoms with E-state index in [4.69, 9.17) is 4.74 Å². The molecule has 8 nitrogen and oxygen atoms in total. The van der Waals surface area contributed by atoms with E-state index >= 15 is 0 Å². The highest BCUT2D eigenvalue weighted by Gasteiger charge is 2.31. The van der Waals surface area contributed by atoms with Gasteiger partial charge in [0.25, 0.3) is 5.91 Å². The number of aromatic nitrogens is 1. The van der Waals surface area contributed by atoms with Gasteiger partial charge in [-0.05, 0) is 51.3 Å². The van der Waals surface area contributed by atoms with Crippen LogP contribution < -0.4 is 5.32 Å². The minimum atomic E-state index is -3.13. The fourth-order valence-electron chi connectivity index (χ4n) is 3.34. The van der Waals surface area contributed by atoms with Gasteiger partial charge < -0.3 is 14.6 Å². The molecule has 1 N–H and O–H groups in total. The van der Waals surface area contributed by atoms with Crippen LogP contribution in [0.1, 0.15) is 43.6 Å². The molecule has 1 aliphatic rings. The molecule has 1 aromatic rings. The molecule has 29 heavy (non-hydrogen) atoms. The molecule has 2 rings (SSSR count). The maximum absolute atomic E-state index is 12.4. The molecule has 1 saturated heterocycles. The average Bonchev–Trinajstić information content (AvgIpc) is 3.12. The van der Waals surface area contributed by atoms with Gasteiger partial charge in [-0.25, -0.2) is 13.2 Å². The second-order valence-electron chi connectivity index (χ2n) is 7.30. The smallest absolute Gasteiger partial charge is 0.349 e. The Labute approximate surface area is 171 Å². The summed E-state index contributed by atoms with van der Waals surface area (Å²) in [5, 5.41) is 12.0. The molecule has 1 fully saturated rings. The van der Waals surface area contributed by atoms with E-state index in [1.165, 1.54) is 13.0 Å². The fraction of sp³-hybridized carbons (Fsp3) is 0.550. The van der Waals surface area contributed by atoms with Crippen LogP contribution >= 0.6 is 0 Å². The quantitative estimate of drug-likeness (QED) is 0.406. The lowest BCUT2D eigenvalue weighted by Crippen LogP contribution is -2.42. The first-order valence-electron chi connectivity index (χ1n) is 9.58. The molecule has 0 aliphatic carbocycles. The number of amides is 1. The molecule has 2 heterocycles. The number of aryl methyl sites for hydroxylation is 1. The predicted molar refractivity (Wildman–Crippen MR) is 109 cm³/mol. The SMILES string of the molecule is CCCn1c(C)cc(/C=C(\C#N)C(=O)O[C@@H](C)C(=O)N[C@H]2CCS(=O)(=O)C2)c1C. The number of hydrogen-bond donors (Lipinski definition) is 1. The number of nitrogens with one attached hydrogen (secondary N) is 1. The van der Waals surface area contributed by atoms with Crippen molar-refractivity contribution in [2.24, 2.45) is 0 Å². The van der Waals surface area contributed by atoms with Crippen molar-refractivity contribution >= 4 is 27.8 Å². The van der Waals surface area contributed by atoms with Gasteiger partial charge in [-0.15, -0.1) is 0 Å². The molecule has 0 spiro atoms. The summed E-state index contributed by atoms with van der Waals surface area (Å²) in [7, 11) is -3.13.